The van der Waals surface area contributed by atoms with Crippen LogP contribution in [0.3, 0.4) is 0 Å². The summed E-state index contributed by atoms with van der Waals surface area (Å²) in [5, 5.41) is 3.44. The van der Waals surface area contributed by atoms with Gasteiger partial charge in [-0.3, -0.25) is 4.98 Å². The fourth-order valence-electron chi connectivity index (χ4n) is 4.56. The summed E-state index contributed by atoms with van der Waals surface area (Å²) in [7, 11) is 2.13. The highest BCUT2D eigenvalue weighted by Crippen LogP contribution is 2.35. The number of aromatic nitrogens is 1. The molecule has 3 aromatic rings. The van der Waals surface area contributed by atoms with Crippen LogP contribution in [-0.2, 0) is 11.2 Å². The molecule has 1 N–H and O–H groups in total. The van der Waals surface area contributed by atoms with E-state index in [1.807, 2.05) is 0 Å². The number of methoxy groups -OCH3 is 1. The Morgan fingerprint density at radius 2 is 1.89 bits per heavy atom. The number of nitrogens with zero attached hydrogens (tertiary/aromatic N) is 2. The quantitative estimate of drug-likeness (QED) is 0.243. The molecule has 1 aromatic heterocycles. The van der Waals surface area contributed by atoms with Crippen LogP contribution in [0.15, 0.2) is 60.9 Å². The first-order chi connectivity index (χ1) is 17.2. The lowest BCUT2D eigenvalue weighted by molar-refractivity contribution is 0.0601. The van der Waals surface area contributed by atoms with Gasteiger partial charge >= 0.3 is 5.97 Å². The van der Waals surface area contributed by atoms with Gasteiger partial charge in [0.15, 0.2) is 0 Å². The largest absolute Gasteiger partial charge is 0.465 e. The maximum absolute atomic E-state index is 12.1. The summed E-state index contributed by atoms with van der Waals surface area (Å²) in [5.74, 6) is 3.35. The molecule has 1 aliphatic rings. The van der Waals surface area contributed by atoms with Crippen LogP contribution in [-0.4, -0.2) is 39.7 Å². The Balaban J connectivity index is 1.48. The van der Waals surface area contributed by atoms with Crippen LogP contribution >= 0.6 is 0 Å². The second-order valence-electron chi connectivity index (χ2n) is 10.4. The number of benzene rings is 2. The molecule has 0 unspecified atom stereocenters. The number of hydrogen-bond donors (Lipinski definition) is 1. The Bertz CT molecular complexity index is 1290. The molecule has 0 saturated heterocycles. The summed E-state index contributed by atoms with van der Waals surface area (Å²) in [4.78, 5) is 18.5. The van der Waals surface area contributed by atoms with Crippen LogP contribution < -0.4 is 10.2 Å². The number of pyridine rings is 1. The zero-order valence-electron chi connectivity index (χ0n) is 21.9. The highest BCUT2D eigenvalue weighted by atomic mass is 28.3. The molecule has 0 saturated carbocycles. The molecule has 0 aliphatic heterocycles. The zero-order chi connectivity index (χ0) is 25.7. The molecule has 0 amide bonds. The van der Waals surface area contributed by atoms with Crippen molar-refractivity contribution in [3.63, 3.8) is 0 Å². The van der Waals surface area contributed by atoms with Crippen molar-refractivity contribution in [2.45, 2.75) is 44.8 Å². The molecule has 4 rings (SSSR count). The van der Waals surface area contributed by atoms with E-state index in [1.54, 1.807) is 18.5 Å². The van der Waals surface area contributed by atoms with Crippen molar-refractivity contribution in [3.8, 4) is 11.5 Å². The van der Waals surface area contributed by atoms with E-state index >= 15 is 0 Å². The minimum Gasteiger partial charge on any atom is -0.465 e. The Labute approximate surface area is 215 Å². The first-order valence-electron chi connectivity index (χ1n) is 12.5. The third-order valence-electron chi connectivity index (χ3n) is 6.55. The van der Waals surface area contributed by atoms with Crippen molar-refractivity contribution < 1.29 is 9.53 Å². The first kappa shape index (κ1) is 25.5. The third-order valence-corrected chi connectivity index (χ3v) is 7.43. The Morgan fingerprint density at radius 1 is 1.14 bits per heavy atom. The van der Waals surface area contributed by atoms with Gasteiger partial charge in [0, 0.05) is 42.6 Å². The number of fused-ring (bicyclic) bond motifs is 1. The molecule has 0 radical (unpaired) electrons. The zero-order valence-corrected chi connectivity index (χ0v) is 22.9. The predicted octanol–water partition coefficient (Wildman–Crippen LogP) is 6.40. The lowest BCUT2D eigenvalue weighted by atomic mass is 9.82. The van der Waals surface area contributed by atoms with E-state index in [1.165, 1.54) is 23.9 Å². The fourth-order valence-corrected chi connectivity index (χ4v) is 5.07. The first-order valence-corrected chi connectivity index (χ1v) is 16.0. The number of anilines is 3. The summed E-state index contributed by atoms with van der Waals surface area (Å²) in [6.45, 7) is 7.53. The third kappa shape index (κ3) is 6.16. The minimum atomic E-state index is -1.38. The van der Waals surface area contributed by atoms with Crippen LogP contribution in [0.2, 0.25) is 19.6 Å². The summed E-state index contributed by atoms with van der Waals surface area (Å²) < 4.78 is 4.91. The normalized spacial score (nSPS) is 14.8. The van der Waals surface area contributed by atoms with Gasteiger partial charge in [-0.25, -0.2) is 4.79 Å². The summed E-state index contributed by atoms with van der Waals surface area (Å²) in [6.07, 6.45) is 6.64. The lowest BCUT2D eigenvalue weighted by Gasteiger charge is -2.28. The van der Waals surface area contributed by atoms with Crippen LogP contribution in [0.1, 0.15) is 45.8 Å². The lowest BCUT2D eigenvalue weighted by Crippen LogP contribution is -2.20. The van der Waals surface area contributed by atoms with Gasteiger partial charge in [-0.1, -0.05) is 31.6 Å². The maximum Gasteiger partial charge on any atom is 0.340 e. The number of aryl methyl sites for hydroxylation is 1. The van der Waals surface area contributed by atoms with Gasteiger partial charge in [0.2, 0.25) is 0 Å². The molecule has 186 valence electrons. The van der Waals surface area contributed by atoms with Crippen molar-refractivity contribution in [2.75, 3.05) is 30.9 Å². The van der Waals surface area contributed by atoms with E-state index < -0.39 is 8.07 Å². The van der Waals surface area contributed by atoms with Gasteiger partial charge in [0.05, 0.1) is 24.6 Å². The molecule has 5 nitrogen and oxygen atoms in total. The van der Waals surface area contributed by atoms with Gasteiger partial charge in [-0.15, -0.1) is 5.54 Å². The maximum atomic E-state index is 12.1. The molecule has 36 heavy (non-hydrogen) atoms. The smallest absolute Gasteiger partial charge is 0.340 e. The average Bonchev–Trinajstić information content (AvgIpc) is 2.89. The SMILES string of the molecule is COC(=O)c1ccncc1NC[C@@H]1CCCc2cc(N(C)c3ccc(C#C[Si](C)(C)C)cc3)ccc21. The summed E-state index contributed by atoms with van der Waals surface area (Å²) in [6, 6.07) is 17.0. The number of hydrogen-bond acceptors (Lipinski definition) is 5. The van der Waals surface area contributed by atoms with E-state index in [0.29, 0.717) is 17.2 Å². The number of carbonyl (C=O) groups is 1. The highest BCUT2D eigenvalue weighted by Gasteiger charge is 2.22. The molecule has 2 aromatic carbocycles. The van der Waals surface area contributed by atoms with Crippen LogP contribution in [0.25, 0.3) is 0 Å². The standard InChI is InChI=1S/C30H35N3O2Si/c1-33(25-11-9-22(10-12-25)16-18-36(3,4)5)26-13-14-27-23(19-26)7-6-8-24(27)20-32-29-21-31-17-15-28(29)30(34)35-2/h9-15,17,19,21,24,32H,6-8,20H2,1-5H3/t24-/m0/s1. The molecule has 1 heterocycles. The number of esters is 1. The monoisotopic (exact) mass is 497 g/mol. The van der Waals surface area contributed by atoms with Gasteiger partial charge in [0.25, 0.3) is 0 Å². The number of carbonyl (C=O) groups excluding carboxylic acids is 1. The van der Waals surface area contributed by atoms with Gasteiger partial charge in [0.1, 0.15) is 8.07 Å². The summed E-state index contributed by atoms with van der Waals surface area (Å²) in [5.41, 5.74) is 10.8. The topological polar surface area (TPSA) is 54.5 Å². The molecular formula is C30H35N3O2Si. The van der Waals surface area contributed by atoms with Crippen molar-refractivity contribution in [2.24, 2.45) is 0 Å². The van der Waals surface area contributed by atoms with Gasteiger partial charge in [-0.05, 0) is 72.9 Å². The average molecular weight is 498 g/mol. The van der Waals surface area contributed by atoms with Crippen LogP contribution in [0, 0.1) is 11.5 Å². The molecule has 0 fully saturated rings. The molecule has 0 bridgehead atoms. The van der Waals surface area contributed by atoms with Crippen LogP contribution in [0.4, 0.5) is 17.1 Å². The van der Waals surface area contributed by atoms with Crippen LogP contribution in [0.5, 0.6) is 0 Å². The molecule has 1 atom stereocenters. The minimum absolute atomic E-state index is 0.354. The van der Waals surface area contributed by atoms with E-state index in [0.717, 1.165) is 37.1 Å². The van der Waals surface area contributed by atoms with Crippen molar-refractivity contribution >= 4 is 31.1 Å². The van der Waals surface area contributed by atoms with Crippen molar-refractivity contribution in [1.29, 1.82) is 0 Å². The fraction of sp³-hybridized carbons (Fsp3) is 0.333. The Hall–Kier alpha value is -3.56. The van der Waals surface area contributed by atoms with Gasteiger partial charge in [-0.2, -0.15) is 0 Å². The summed E-state index contributed by atoms with van der Waals surface area (Å²) >= 11 is 0. The van der Waals surface area contributed by atoms with E-state index in [9.17, 15) is 4.79 Å². The molecule has 0 spiro atoms. The second kappa shape index (κ2) is 11.0. The number of rotatable bonds is 6. The van der Waals surface area contributed by atoms with Gasteiger partial charge < -0.3 is 15.0 Å². The molecule has 1 aliphatic carbocycles. The predicted molar refractivity (Wildman–Crippen MR) is 151 cm³/mol. The van der Waals surface area contributed by atoms with Crippen molar-refractivity contribution in [3.05, 3.63) is 83.2 Å². The highest BCUT2D eigenvalue weighted by molar-refractivity contribution is 6.83. The van der Waals surface area contributed by atoms with E-state index in [2.05, 4.69) is 95.8 Å². The Morgan fingerprint density at radius 3 is 2.61 bits per heavy atom. The Kier molecular flexibility index (Phi) is 7.81. The number of nitrogens with one attached hydrogen (secondary N) is 1. The molecular weight excluding hydrogens is 462 g/mol. The van der Waals surface area contributed by atoms with E-state index in [4.69, 9.17) is 4.74 Å². The van der Waals surface area contributed by atoms with Crippen molar-refractivity contribution in [1.82, 2.24) is 4.98 Å². The van der Waals surface area contributed by atoms with E-state index in [-0.39, 0.29) is 5.97 Å². The second-order valence-corrected chi connectivity index (χ2v) is 15.1. The number of ether oxygens (including phenoxy) is 1. The molecule has 6 heteroatoms.